The van der Waals surface area contributed by atoms with Crippen molar-refractivity contribution in [3.05, 3.63) is 54.1 Å². The number of hydrogen-bond donors (Lipinski definition) is 2. The summed E-state index contributed by atoms with van der Waals surface area (Å²) in [6.07, 6.45) is -0.502. The zero-order valence-electron chi connectivity index (χ0n) is 17.4. The van der Waals surface area contributed by atoms with Crippen LogP contribution in [0.25, 0.3) is 0 Å². The zero-order valence-corrected chi connectivity index (χ0v) is 17.4. The number of nitrogens with zero attached hydrogens (tertiary/aromatic N) is 2. The van der Waals surface area contributed by atoms with E-state index < -0.39 is 6.10 Å². The molecule has 7 nitrogen and oxygen atoms in total. The predicted octanol–water partition coefficient (Wildman–Crippen LogP) is 2.55. The van der Waals surface area contributed by atoms with Crippen molar-refractivity contribution in [2.45, 2.75) is 32.5 Å². The van der Waals surface area contributed by atoms with Crippen LogP contribution in [-0.4, -0.2) is 59.9 Å². The Bertz CT molecular complexity index is 910. The van der Waals surface area contributed by atoms with Gasteiger partial charge in [0.05, 0.1) is 5.69 Å². The lowest BCUT2D eigenvalue weighted by atomic mass is 10.1. The second-order valence-electron chi connectivity index (χ2n) is 7.91. The van der Waals surface area contributed by atoms with Gasteiger partial charge in [-0.05, 0) is 37.6 Å². The Labute approximate surface area is 177 Å². The van der Waals surface area contributed by atoms with Crippen molar-refractivity contribution in [1.82, 2.24) is 9.80 Å². The normalized spacial score (nSPS) is 20.0. The lowest BCUT2D eigenvalue weighted by molar-refractivity contribution is -0.133. The Morgan fingerprint density at radius 3 is 2.63 bits per heavy atom. The van der Waals surface area contributed by atoms with Crippen LogP contribution in [0.2, 0.25) is 0 Å². The fraction of sp³-hybridized carbons (Fsp3) is 0.391. The summed E-state index contributed by atoms with van der Waals surface area (Å²) in [5.41, 5.74) is 2.69. The van der Waals surface area contributed by atoms with Crippen molar-refractivity contribution < 1.29 is 14.3 Å². The largest absolute Gasteiger partial charge is 0.479 e. The molecule has 0 radical (unpaired) electrons. The molecule has 1 saturated heterocycles. The summed E-state index contributed by atoms with van der Waals surface area (Å²) >= 11 is 0. The molecule has 0 aliphatic carbocycles. The molecule has 30 heavy (non-hydrogen) atoms. The number of nitrogens with one attached hydrogen (secondary N) is 2. The molecule has 0 bridgehead atoms. The van der Waals surface area contributed by atoms with Crippen molar-refractivity contribution >= 4 is 23.2 Å². The monoisotopic (exact) mass is 408 g/mol. The standard InChI is InChI=1S/C23H28N4O3/c1-16(24-19-8-9-21-20(14-19)25-22(28)17(2)30-21)23(29)27-12-10-26(11-13-27)15-18-6-4-3-5-7-18/h3-9,14,16-17,24H,10-13,15H2,1-2H3,(H,25,28)/t16-,17+/m0/s1. The zero-order chi connectivity index (χ0) is 21.1. The SMILES string of the molecule is C[C@H](Nc1ccc2c(c1)NC(=O)[C@@H](C)O2)C(=O)N1CCN(Cc2ccccc2)CC1. The van der Waals surface area contributed by atoms with E-state index in [-0.39, 0.29) is 17.9 Å². The van der Waals surface area contributed by atoms with Crippen LogP contribution in [0.3, 0.4) is 0 Å². The van der Waals surface area contributed by atoms with Crippen molar-refractivity contribution in [1.29, 1.82) is 0 Å². The van der Waals surface area contributed by atoms with Gasteiger partial charge in [0, 0.05) is 38.4 Å². The molecule has 0 spiro atoms. The van der Waals surface area contributed by atoms with Crippen LogP contribution in [-0.2, 0) is 16.1 Å². The fourth-order valence-corrected chi connectivity index (χ4v) is 3.85. The van der Waals surface area contributed by atoms with Gasteiger partial charge in [0.1, 0.15) is 11.8 Å². The van der Waals surface area contributed by atoms with E-state index in [0.29, 0.717) is 11.4 Å². The molecule has 2 aromatic carbocycles. The minimum atomic E-state index is -0.502. The maximum Gasteiger partial charge on any atom is 0.265 e. The molecular formula is C23H28N4O3. The molecule has 1 fully saturated rings. The van der Waals surface area contributed by atoms with Crippen LogP contribution >= 0.6 is 0 Å². The molecule has 2 N–H and O–H groups in total. The van der Waals surface area contributed by atoms with E-state index in [1.54, 1.807) is 13.0 Å². The van der Waals surface area contributed by atoms with Crippen LogP contribution < -0.4 is 15.4 Å². The lowest BCUT2D eigenvalue weighted by Crippen LogP contribution is -2.51. The third-order valence-corrected chi connectivity index (χ3v) is 5.60. The molecule has 4 rings (SSSR count). The van der Waals surface area contributed by atoms with Crippen LogP contribution in [0.5, 0.6) is 5.75 Å². The van der Waals surface area contributed by atoms with Crippen LogP contribution in [0.15, 0.2) is 48.5 Å². The Hall–Kier alpha value is -3.06. The first-order chi connectivity index (χ1) is 14.5. The van der Waals surface area contributed by atoms with Crippen LogP contribution in [0, 0.1) is 0 Å². The second-order valence-corrected chi connectivity index (χ2v) is 7.91. The van der Waals surface area contributed by atoms with Crippen molar-refractivity contribution in [2.75, 3.05) is 36.8 Å². The first-order valence-electron chi connectivity index (χ1n) is 10.4. The fourth-order valence-electron chi connectivity index (χ4n) is 3.85. The van der Waals surface area contributed by atoms with Crippen LogP contribution in [0.4, 0.5) is 11.4 Å². The second kappa shape index (κ2) is 8.75. The molecule has 7 heteroatoms. The van der Waals surface area contributed by atoms with Gasteiger partial charge in [0.25, 0.3) is 5.91 Å². The van der Waals surface area contributed by atoms with Gasteiger partial charge in [0.15, 0.2) is 6.10 Å². The number of benzene rings is 2. The third-order valence-electron chi connectivity index (χ3n) is 5.60. The first kappa shape index (κ1) is 20.2. The van der Waals surface area contributed by atoms with Gasteiger partial charge in [0.2, 0.25) is 5.91 Å². The van der Waals surface area contributed by atoms with Gasteiger partial charge in [-0.1, -0.05) is 30.3 Å². The number of hydrogen-bond acceptors (Lipinski definition) is 5. The smallest absolute Gasteiger partial charge is 0.265 e. The van der Waals surface area contributed by atoms with E-state index in [1.165, 1.54) is 5.56 Å². The third kappa shape index (κ3) is 4.57. The molecule has 2 heterocycles. The summed E-state index contributed by atoms with van der Waals surface area (Å²) in [5, 5.41) is 6.09. The number of carbonyl (C=O) groups excluding carboxylic acids is 2. The lowest BCUT2D eigenvalue weighted by Gasteiger charge is -2.36. The maximum absolute atomic E-state index is 12.9. The average molecular weight is 409 g/mol. The summed E-state index contributed by atoms with van der Waals surface area (Å²) in [7, 11) is 0. The molecule has 0 unspecified atom stereocenters. The Balaban J connectivity index is 1.30. The highest BCUT2D eigenvalue weighted by atomic mass is 16.5. The van der Waals surface area contributed by atoms with E-state index in [9.17, 15) is 9.59 Å². The summed E-state index contributed by atoms with van der Waals surface area (Å²) in [6.45, 7) is 7.69. The summed E-state index contributed by atoms with van der Waals surface area (Å²) in [6, 6.07) is 15.5. The molecular weight excluding hydrogens is 380 g/mol. The molecule has 2 amide bonds. The van der Waals surface area contributed by atoms with E-state index in [4.69, 9.17) is 4.74 Å². The van der Waals surface area contributed by atoms with Gasteiger partial charge < -0.3 is 20.3 Å². The number of anilines is 2. The predicted molar refractivity (Wildman–Crippen MR) is 117 cm³/mol. The minimum absolute atomic E-state index is 0.0842. The highest BCUT2D eigenvalue weighted by Crippen LogP contribution is 2.32. The van der Waals surface area contributed by atoms with E-state index >= 15 is 0 Å². The number of piperazine rings is 1. The number of rotatable bonds is 5. The molecule has 2 aliphatic rings. The number of amides is 2. The molecule has 0 aromatic heterocycles. The van der Waals surface area contributed by atoms with Gasteiger partial charge in [-0.25, -0.2) is 0 Å². The van der Waals surface area contributed by atoms with E-state index in [2.05, 4.69) is 39.8 Å². The van der Waals surface area contributed by atoms with Gasteiger partial charge in [-0.3, -0.25) is 14.5 Å². The van der Waals surface area contributed by atoms with Gasteiger partial charge >= 0.3 is 0 Å². The highest BCUT2D eigenvalue weighted by Gasteiger charge is 2.26. The summed E-state index contributed by atoms with van der Waals surface area (Å²) < 4.78 is 5.58. The molecule has 0 saturated carbocycles. The van der Waals surface area contributed by atoms with Gasteiger partial charge in [-0.15, -0.1) is 0 Å². The van der Waals surface area contributed by atoms with E-state index in [1.807, 2.05) is 30.0 Å². The Morgan fingerprint density at radius 1 is 1.17 bits per heavy atom. The number of carbonyl (C=O) groups is 2. The molecule has 2 aromatic rings. The highest BCUT2D eigenvalue weighted by molar-refractivity contribution is 5.98. The Morgan fingerprint density at radius 2 is 1.90 bits per heavy atom. The van der Waals surface area contributed by atoms with Crippen molar-refractivity contribution in [3.63, 3.8) is 0 Å². The Kier molecular flexibility index (Phi) is 5.90. The maximum atomic E-state index is 12.9. The molecule has 158 valence electrons. The summed E-state index contributed by atoms with van der Waals surface area (Å²) in [4.78, 5) is 29.0. The van der Waals surface area contributed by atoms with Crippen molar-refractivity contribution in [2.24, 2.45) is 0 Å². The number of ether oxygens (including phenoxy) is 1. The molecule has 2 atom stereocenters. The quantitative estimate of drug-likeness (QED) is 0.796. The minimum Gasteiger partial charge on any atom is -0.479 e. The van der Waals surface area contributed by atoms with Crippen LogP contribution in [0.1, 0.15) is 19.4 Å². The summed E-state index contributed by atoms with van der Waals surface area (Å²) in [5.74, 6) is 0.555. The number of fused-ring (bicyclic) bond motifs is 1. The average Bonchev–Trinajstić information content (AvgIpc) is 2.75. The van der Waals surface area contributed by atoms with Crippen molar-refractivity contribution in [3.8, 4) is 5.75 Å². The topological polar surface area (TPSA) is 73.9 Å². The first-order valence-corrected chi connectivity index (χ1v) is 10.4. The molecule has 2 aliphatic heterocycles. The van der Waals surface area contributed by atoms with E-state index in [0.717, 1.165) is 38.4 Å². The van der Waals surface area contributed by atoms with Gasteiger partial charge in [-0.2, -0.15) is 0 Å².